The lowest BCUT2D eigenvalue weighted by molar-refractivity contribution is -0.229. The summed E-state index contributed by atoms with van der Waals surface area (Å²) < 4.78 is 30.8. The van der Waals surface area contributed by atoms with E-state index in [1.807, 2.05) is 0 Å². The van der Waals surface area contributed by atoms with Gasteiger partial charge < -0.3 is 23.7 Å². The van der Waals surface area contributed by atoms with Gasteiger partial charge in [-0.15, -0.1) is 5.73 Å². The van der Waals surface area contributed by atoms with Gasteiger partial charge in [-0.25, -0.2) is 0 Å². The molecule has 0 bridgehead atoms. The van der Waals surface area contributed by atoms with Crippen molar-refractivity contribution in [1.82, 2.24) is 0 Å². The fraction of sp³-hybridized carbons (Fsp3) is 0.793. The summed E-state index contributed by atoms with van der Waals surface area (Å²) in [6.45, 7) is 12.5. The molecule has 6 heteroatoms. The van der Waals surface area contributed by atoms with E-state index in [1.54, 1.807) is 0 Å². The van der Waals surface area contributed by atoms with Crippen molar-refractivity contribution in [1.29, 1.82) is 0 Å². The SMILES string of the molecule is C=C=C[C@]12CC[C@H]3[C@@H](CC=C4CC5(C[C@@H](OC(C)=O)[C@@]43C)OCCO5)[C@@H]1CC[C@@H]2C1(C)OCCO1. The largest absolute Gasteiger partial charge is 0.461 e. The Labute approximate surface area is 209 Å². The molecule has 1 spiro atoms. The summed E-state index contributed by atoms with van der Waals surface area (Å²) in [5.41, 5.74) is 4.32. The van der Waals surface area contributed by atoms with Gasteiger partial charge in [0.1, 0.15) is 6.10 Å². The van der Waals surface area contributed by atoms with E-state index in [0.717, 1.165) is 38.5 Å². The highest BCUT2D eigenvalue weighted by molar-refractivity contribution is 5.66. The maximum Gasteiger partial charge on any atom is 0.302 e. The normalized spacial score (nSPS) is 45.1. The maximum atomic E-state index is 12.3. The molecule has 0 radical (unpaired) electrons. The van der Waals surface area contributed by atoms with E-state index in [-0.39, 0.29) is 22.9 Å². The van der Waals surface area contributed by atoms with Crippen molar-refractivity contribution in [2.24, 2.45) is 34.5 Å². The summed E-state index contributed by atoms with van der Waals surface area (Å²) in [4.78, 5) is 12.3. The molecule has 6 aliphatic rings. The van der Waals surface area contributed by atoms with Crippen molar-refractivity contribution in [3.05, 3.63) is 30.0 Å². The molecule has 6 rings (SSSR count). The zero-order chi connectivity index (χ0) is 24.5. The molecule has 4 aliphatic carbocycles. The van der Waals surface area contributed by atoms with Crippen LogP contribution >= 0.6 is 0 Å². The summed E-state index contributed by atoms with van der Waals surface area (Å²) >= 11 is 0. The topological polar surface area (TPSA) is 63.2 Å². The van der Waals surface area contributed by atoms with Crippen LogP contribution in [0.2, 0.25) is 0 Å². The Morgan fingerprint density at radius 2 is 1.80 bits per heavy atom. The Morgan fingerprint density at radius 1 is 1.09 bits per heavy atom. The molecule has 0 N–H and O–H groups in total. The fourth-order valence-corrected chi connectivity index (χ4v) is 9.42. The maximum absolute atomic E-state index is 12.3. The summed E-state index contributed by atoms with van der Waals surface area (Å²) in [5, 5.41) is 0. The molecule has 2 heterocycles. The summed E-state index contributed by atoms with van der Waals surface area (Å²) in [6.07, 6.45) is 11.3. The molecule has 5 fully saturated rings. The molecule has 0 unspecified atom stereocenters. The number of esters is 1. The average Bonchev–Trinajstić information content (AvgIpc) is 3.54. The van der Waals surface area contributed by atoms with E-state index in [9.17, 15) is 4.79 Å². The van der Waals surface area contributed by atoms with E-state index in [0.29, 0.717) is 56.5 Å². The molecule has 0 amide bonds. The highest BCUT2D eigenvalue weighted by atomic mass is 16.7. The van der Waals surface area contributed by atoms with Crippen LogP contribution in [0.25, 0.3) is 0 Å². The molecule has 3 saturated carbocycles. The van der Waals surface area contributed by atoms with Gasteiger partial charge in [0, 0.05) is 36.5 Å². The molecule has 6 nitrogen and oxygen atoms in total. The van der Waals surface area contributed by atoms with Crippen molar-refractivity contribution in [3.8, 4) is 0 Å². The van der Waals surface area contributed by atoms with Crippen LogP contribution in [0.5, 0.6) is 0 Å². The number of allylic oxidation sites excluding steroid dienone is 2. The molecule has 2 saturated heterocycles. The van der Waals surface area contributed by atoms with Crippen LogP contribution in [0, 0.1) is 34.5 Å². The smallest absolute Gasteiger partial charge is 0.302 e. The number of ether oxygens (including phenoxy) is 5. The predicted octanol–water partition coefficient (Wildman–Crippen LogP) is 4.93. The number of carbonyl (C=O) groups is 1. The molecule has 0 aromatic carbocycles. The van der Waals surface area contributed by atoms with E-state index < -0.39 is 11.6 Å². The Morgan fingerprint density at radius 3 is 2.49 bits per heavy atom. The standard InChI is InChI=1S/C29H40O6/c1-5-11-28-12-10-22-21(23(28)8-9-24(28)27(4)31-13-14-32-27)7-6-20-17-29(33-15-16-34-29)18-25(26(20,22)3)35-19(2)30/h6,11,21-25H,1,7-10,12-18H2,2-4H3/t21-,22+,23+,24-,25-,26+,28+/m1/s1. The molecular weight excluding hydrogens is 444 g/mol. The monoisotopic (exact) mass is 484 g/mol. The average molecular weight is 485 g/mol. The number of fused-ring (bicyclic) bond motifs is 5. The van der Waals surface area contributed by atoms with Gasteiger partial charge in [-0.2, -0.15) is 0 Å². The molecule has 2 aliphatic heterocycles. The van der Waals surface area contributed by atoms with E-state index >= 15 is 0 Å². The first-order chi connectivity index (χ1) is 16.8. The second kappa shape index (κ2) is 8.29. The Hall–Kier alpha value is -1.43. The number of hydrogen-bond acceptors (Lipinski definition) is 6. The van der Waals surface area contributed by atoms with Crippen molar-refractivity contribution in [2.45, 2.75) is 83.4 Å². The minimum Gasteiger partial charge on any atom is -0.461 e. The zero-order valence-corrected chi connectivity index (χ0v) is 21.5. The highest BCUT2D eigenvalue weighted by Gasteiger charge is 2.66. The Kier molecular flexibility index (Phi) is 5.67. The fourth-order valence-electron chi connectivity index (χ4n) is 9.42. The van der Waals surface area contributed by atoms with Crippen LogP contribution in [0.3, 0.4) is 0 Å². The van der Waals surface area contributed by atoms with Crippen LogP contribution in [0.1, 0.15) is 65.7 Å². The van der Waals surface area contributed by atoms with E-state index in [1.165, 1.54) is 12.5 Å². The van der Waals surface area contributed by atoms with Gasteiger partial charge in [0.15, 0.2) is 11.6 Å². The summed E-state index contributed by atoms with van der Waals surface area (Å²) in [6, 6.07) is 0. The quantitative estimate of drug-likeness (QED) is 0.321. The van der Waals surface area contributed by atoms with Gasteiger partial charge in [-0.05, 0) is 62.9 Å². The van der Waals surface area contributed by atoms with Crippen molar-refractivity contribution >= 4 is 5.97 Å². The minimum absolute atomic E-state index is 0.0196. The summed E-state index contributed by atoms with van der Waals surface area (Å²) in [7, 11) is 0. The van der Waals surface area contributed by atoms with Gasteiger partial charge in [0.2, 0.25) is 0 Å². The molecule has 0 aromatic heterocycles. The third-order valence-electron chi connectivity index (χ3n) is 10.7. The first-order valence-electron chi connectivity index (χ1n) is 13.6. The van der Waals surface area contributed by atoms with Crippen LogP contribution in [-0.2, 0) is 28.5 Å². The van der Waals surface area contributed by atoms with Gasteiger partial charge in [0.05, 0.1) is 26.4 Å². The molecule has 7 atom stereocenters. The van der Waals surface area contributed by atoms with Gasteiger partial charge in [0.25, 0.3) is 0 Å². The third-order valence-corrected chi connectivity index (χ3v) is 10.7. The number of carbonyl (C=O) groups excluding carboxylic acids is 1. The van der Waals surface area contributed by atoms with E-state index in [4.69, 9.17) is 23.7 Å². The van der Waals surface area contributed by atoms with Gasteiger partial charge in [-0.1, -0.05) is 25.2 Å². The minimum atomic E-state index is -0.646. The van der Waals surface area contributed by atoms with Crippen LogP contribution in [0.15, 0.2) is 30.0 Å². The Balaban J connectivity index is 1.38. The zero-order valence-electron chi connectivity index (χ0n) is 21.5. The lowest BCUT2D eigenvalue weighted by Crippen LogP contribution is -2.59. The van der Waals surface area contributed by atoms with Crippen LogP contribution in [-0.4, -0.2) is 50.1 Å². The Bertz CT molecular complexity index is 952. The van der Waals surface area contributed by atoms with Crippen LogP contribution in [0.4, 0.5) is 0 Å². The molecular formula is C29H40O6. The van der Waals surface area contributed by atoms with Crippen molar-refractivity contribution in [3.63, 3.8) is 0 Å². The van der Waals surface area contributed by atoms with Gasteiger partial charge in [-0.3, -0.25) is 4.79 Å². The third kappa shape index (κ3) is 3.40. The lowest BCUT2D eigenvalue weighted by atomic mass is 9.46. The second-order valence-corrected chi connectivity index (χ2v) is 12.1. The second-order valence-electron chi connectivity index (χ2n) is 12.1. The predicted molar refractivity (Wildman–Crippen MR) is 129 cm³/mol. The number of rotatable bonds is 3. The lowest BCUT2D eigenvalue weighted by Gasteiger charge is -2.61. The first-order valence-corrected chi connectivity index (χ1v) is 13.6. The molecule has 35 heavy (non-hydrogen) atoms. The number of hydrogen-bond donors (Lipinski definition) is 0. The van der Waals surface area contributed by atoms with Crippen molar-refractivity contribution in [2.75, 3.05) is 26.4 Å². The van der Waals surface area contributed by atoms with E-state index in [2.05, 4.69) is 38.3 Å². The van der Waals surface area contributed by atoms with Gasteiger partial charge >= 0.3 is 5.97 Å². The first kappa shape index (κ1) is 23.9. The highest BCUT2D eigenvalue weighted by Crippen LogP contribution is 2.69. The van der Waals surface area contributed by atoms with Crippen LogP contribution < -0.4 is 0 Å². The molecule has 192 valence electrons. The van der Waals surface area contributed by atoms with Crippen molar-refractivity contribution < 1.29 is 28.5 Å². The summed E-state index contributed by atoms with van der Waals surface area (Å²) in [5.74, 6) is 0.350. The molecule has 0 aromatic rings.